The number of anilines is 1. The first-order valence-corrected chi connectivity index (χ1v) is 9.97. The number of amides is 2. The predicted octanol–water partition coefficient (Wildman–Crippen LogP) is 5.01. The number of benzene rings is 2. The Hall–Kier alpha value is -1.89. The van der Waals surface area contributed by atoms with Crippen LogP contribution in [0.4, 0.5) is 10.5 Å². The van der Waals surface area contributed by atoms with Crippen molar-refractivity contribution in [1.82, 2.24) is 4.72 Å². The van der Waals surface area contributed by atoms with Crippen molar-refractivity contribution < 1.29 is 9.00 Å². The summed E-state index contributed by atoms with van der Waals surface area (Å²) in [5.74, 6) is 0. The Kier molecular flexibility index (Phi) is 6.99. The van der Waals surface area contributed by atoms with Crippen LogP contribution in [0.2, 0.25) is 5.02 Å². The lowest BCUT2D eigenvalue weighted by Gasteiger charge is -2.12. The maximum absolute atomic E-state index is 13.3. The normalized spacial score (nSPS) is 13.1. The van der Waals surface area contributed by atoms with Crippen LogP contribution in [0.5, 0.6) is 0 Å². The van der Waals surface area contributed by atoms with Gasteiger partial charge in [0.2, 0.25) is 0 Å². The quantitative estimate of drug-likeness (QED) is 0.692. The Labute approximate surface area is 154 Å². The average Bonchev–Trinajstić information content (AvgIpc) is 2.57. The molecule has 0 aliphatic carbocycles. The summed E-state index contributed by atoms with van der Waals surface area (Å²) < 4.78 is 20.1. The fraction of sp³-hybridized carbons (Fsp3) is 0.278. The van der Waals surface area contributed by atoms with Crippen LogP contribution in [-0.2, 0) is 9.92 Å². The highest BCUT2D eigenvalue weighted by Gasteiger charge is 2.15. The maximum Gasteiger partial charge on any atom is 0.354 e. The second-order valence-electron chi connectivity index (χ2n) is 5.62. The molecule has 0 bridgehead atoms. The molecular formula is C18H22ClN3O2S. The zero-order valence-corrected chi connectivity index (χ0v) is 15.9. The number of nitrogens with one attached hydrogen (secondary N) is 2. The number of carbonyl (C=O) groups is 1. The Morgan fingerprint density at radius 2 is 1.76 bits per heavy atom. The molecule has 2 amide bonds. The minimum Gasteiger partial charge on any atom is -0.306 e. The van der Waals surface area contributed by atoms with Crippen molar-refractivity contribution in [1.29, 1.82) is 0 Å². The molecule has 2 aromatic rings. The third-order valence-corrected chi connectivity index (χ3v) is 5.66. The SMILES string of the molecule is CCCCNS(=O)(=NC(=O)Nc1ccc(Cl)cc1)c1ccc(C)cc1. The number of urea groups is 1. The Morgan fingerprint density at radius 1 is 1.12 bits per heavy atom. The van der Waals surface area contributed by atoms with Gasteiger partial charge in [0.1, 0.15) is 9.92 Å². The van der Waals surface area contributed by atoms with Crippen LogP contribution in [0, 0.1) is 6.92 Å². The van der Waals surface area contributed by atoms with Gasteiger partial charge in [-0.15, -0.1) is 4.36 Å². The largest absolute Gasteiger partial charge is 0.354 e. The lowest BCUT2D eigenvalue weighted by molar-refractivity contribution is 0.260. The molecule has 0 aromatic heterocycles. The monoisotopic (exact) mass is 379 g/mol. The Morgan fingerprint density at radius 3 is 2.36 bits per heavy atom. The van der Waals surface area contributed by atoms with Crippen molar-refractivity contribution in [2.24, 2.45) is 4.36 Å². The summed E-state index contributed by atoms with van der Waals surface area (Å²) >= 11 is 5.83. The van der Waals surface area contributed by atoms with Gasteiger partial charge < -0.3 is 5.32 Å². The lowest BCUT2D eigenvalue weighted by atomic mass is 10.2. The lowest BCUT2D eigenvalue weighted by Crippen LogP contribution is -2.26. The topological polar surface area (TPSA) is 70.6 Å². The number of unbranched alkanes of at least 4 members (excludes halogenated alkanes) is 1. The van der Waals surface area contributed by atoms with Gasteiger partial charge in [0.25, 0.3) is 0 Å². The molecule has 25 heavy (non-hydrogen) atoms. The molecule has 0 fully saturated rings. The number of nitrogens with zero attached hydrogens (tertiary/aromatic N) is 1. The van der Waals surface area contributed by atoms with Crippen molar-refractivity contribution in [2.45, 2.75) is 31.6 Å². The summed E-state index contributed by atoms with van der Waals surface area (Å²) in [7, 11) is -3.05. The maximum atomic E-state index is 13.3. The summed E-state index contributed by atoms with van der Waals surface area (Å²) in [6, 6.07) is 13.1. The van der Waals surface area contributed by atoms with Gasteiger partial charge in [0.15, 0.2) is 0 Å². The number of hydrogen-bond acceptors (Lipinski definition) is 2. The van der Waals surface area contributed by atoms with Crippen LogP contribution >= 0.6 is 11.6 Å². The van der Waals surface area contributed by atoms with Crippen LogP contribution in [0.3, 0.4) is 0 Å². The summed E-state index contributed by atoms with van der Waals surface area (Å²) in [5.41, 5.74) is 1.59. The minimum absolute atomic E-state index is 0.487. The zero-order valence-electron chi connectivity index (χ0n) is 14.3. The van der Waals surface area contributed by atoms with Gasteiger partial charge in [0.05, 0.1) is 4.90 Å². The van der Waals surface area contributed by atoms with E-state index in [4.69, 9.17) is 11.6 Å². The van der Waals surface area contributed by atoms with Crippen LogP contribution in [0.1, 0.15) is 25.3 Å². The number of hydrogen-bond donors (Lipinski definition) is 2. The van der Waals surface area contributed by atoms with E-state index in [1.807, 2.05) is 26.0 Å². The summed E-state index contributed by atoms with van der Waals surface area (Å²) in [4.78, 5) is 12.7. The smallest absolute Gasteiger partial charge is 0.306 e. The van der Waals surface area contributed by atoms with Gasteiger partial charge in [-0.2, -0.15) is 0 Å². The van der Waals surface area contributed by atoms with E-state index in [-0.39, 0.29) is 0 Å². The summed E-state index contributed by atoms with van der Waals surface area (Å²) in [5, 5.41) is 3.18. The van der Waals surface area contributed by atoms with E-state index < -0.39 is 15.9 Å². The fourth-order valence-electron chi connectivity index (χ4n) is 2.07. The molecular weight excluding hydrogens is 358 g/mol. The van der Waals surface area contributed by atoms with Crippen molar-refractivity contribution in [3.63, 3.8) is 0 Å². The standard InChI is InChI=1S/C18H22ClN3O2S/c1-3-4-13-20-25(24,17-11-5-14(2)6-12-17)22-18(23)21-16-9-7-15(19)8-10-16/h5-12H,3-4,13H2,1-2H3,(H2,20,21,22,23,24). The molecule has 0 saturated heterocycles. The molecule has 0 aliphatic rings. The van der Waals surface area contributed by atoms with Gasteiger partial charge in [-0.3, -0.25) is 0 Å². The van der Waals surface area contributed by atoms with Gasteiger partial charge in [0, 0.05) is 17.3 Å². The third-order valence-electron chi connectivity index (χ3n) is 3.48. The minimum atomic E-state index is -3.05. The van der Waals surface area contributed by atoms with E-state index >= 15 is 0 Å². The van der Waals surface area contributed by atoms with E-state index in [0.29, 0.717) is 22.2 Å². The van der Waals surface area contributed by atoms with Crippen LogP contribution in [-0.4, -0.2) is 16.8 Å². The molecule has 0 aliphatic heterocycles. The highest BCUT2D eigenvalue weighted by atomic mass is 35.5. The first kappa shape index (κ1) is 19.4. The molecule has 5 nitrogen and oxygen atoms in total. The molecule has 134 valence electrons. The highest BCUT2D eigenvalue weighted by Crippen LogP contribution is 2.16. The van der Waals surface area contributed by atoms with Crippen molar-refractivity contribution in [3.05, 3.63) is 59.1 Å². The second-order valence-corrected chi connectivity index (χ2v) is 8.05. The number of aryl methyl sites for hydroxylation is 1. The highest BCUT2D eigenvalue weighted by molar-refractivity contribution is 7.92. The van der Waals surface area contributed by atoms with Crippen LogP contribution in [0.25, 0.3) is 0 Å². The van der Waals surface area contributed by atoms with Crippen molar-refractivity contribution >= 4 is 33.2 Å². The molecule has 0 heterocycles. The van der Waals surface area contributed by atoms with E-state index in [0.717, 1.165) is 18.4 Å². The van der Waals surface area contributed by atoms with E-state index in [1.54, 1.807) is 36.4 Å². The first-order valence-electron chi connectivity index (χ1n) is 8.08. The van der Waals surface area contributed by atoms with Gasteiger partial charge in [-0.05, 0) is 49.7 Å². The molecule has 2 rings (SSSR count). The second kappa shape index (κ2) is 8.99. The number of carbonyl (C=O) groups excluding carboxylic acids is 1. The van der Waals surface area contributed by atoms with Crippen LogP contribution < -0.4 is 10.0 Å². The Balaban J connectivity index is 2.28. The van der Waals surface area contributed by atoms with Crippen molar-refractivity contribution in [2.75, 3.05) is 11.9 Å². The van der Waals surface area contributed by atoms with Crippen LogP contribution in [0.15, 0.2) is 57.8 Å². The molecule has 2 N–H and O–H groups in total. The summed E-state index contributed by atoms with van der Waals surface area (Å²) in [6.45, 7) is 4.50. The Bertz CT molecular complexity index is 826. The fourth-order valence-corrected chi connectivity index (χ4v) is 3.74. The zero-order chi connectivity index (χ0) is 18.3. The average molecular weight is 380 g/mol. The number of rotatable bonds is 6. The number of halogens is 1. The summed E-state index contributed by atoms with van der Waals surface area (Å²) in [6.07, 6.45) is 1.80. The van der Waals surface area contributed by atoms with E-state index in [9.17, 15) is 9.00 Å². The van der Waals surface area contributed by atoms with E-state index in [2.05, 4.69) is 14.4 Å². The molecule has 2 aromatic carbocycles. The van der Waals surface area contributed by atoms with E-state index in [1.165, 1.54) is 0 Å². The molecule has 1 unspecified atom stereocenters. The molecule has 0 radical (unpaired) electrons. The molecule has 0 saturated carbocycles. The molecule has 7 heteroatoms. The van der Waals surface area contributed by atoms with Gasteiger partial charge >= 0.3 is 6.03 Å². The van der Waals surface area contributed by atoms with Crippen molar-refractivity contribution in [3.8, 4) is 0 Å². The first-order chi connectivity index (χ1) is 11.9. The van der Waals surface area contributed by atoms with Gasteiger partial charge in [-0.25, -0.2) is 13.7 Å². The third kappa shape index (κ3) is 5.85. The molecule has 1 atom stereocenters. The van der Waals surface area contributed by atoms with Gasteiger partial charge in [-0.1, -0.05) is 42.6 Å². The predicted molar refractivity (Wildman–Crippen MR) is 103 cm³/mol. The molecule has 0 spiro atoms.